The minimum atomic E-state index is -0.204. The summed E-state index contributed by atoms with van der Waals surface area (Å²) in [6.45, 7) is 0. The fourth-order valence-corrected chi connectivity index (χ4v) is 3.89. The Hall–Kier alpha value is -3.58. The summed E-state index contributed by atoms with van der Waals surface area (Å²) < 4.78 is 10.4. The van der Waals surface area contributed by atoms with Crippen molar-refractivity contribution in [2.75, 3.05) is 19.5 Å². The van der Waals surface area contributed by atoms with Gasteiger partial charge in [-0.25, -0.2) is 0 Å². The second kappa shape index (κ2) is 8.84. The van der Waals surface area contributed by atoms with Gasteiger partial charge in [0.25, 0.3) is 5.91 Å². The van der Waals surface area contributed by atoms with Crippen LogP contribution in [-0.2, 0) is 0 Å². The molecule has 4 rings (SSSR count). The topological polar surface area (TPSA) is 73.3 Å². The second-order valence-corrected chi connectivity index (χ2v) is 7.32. The zero-order valence-corrected chi connectivity index (χ0v) is 17.3. The van der Waals surface area contributed by atoms with Gasteiger partial charge in [0.1, 0.15) is 0 Å². The maximum atomic E-state index is 13.1. The van der Waals surface area contributed by atoms with Gasteiger partial charge in [-0.1, -0.05) is 48.5 Å². The van der Waals surface area contributed by atoms with Gasteiger partial charge >= 0.3 is 0 Å². The molecule has 150 valence electrons. The number of fused-ring (bicyclic) bond motifs is 1. The molecule has 0 saturated heterocycles. The Morgan fingerprint density at radius 3 is 2.30 bits per heavy atom. The highest BCUT2D eigenvalue weighted by Crippen LogP contribution is 2.31. The molecule has 7 heteroatoms. The van der Waals surface area contributed by atoms with Crippen molar-refractivity contribution in [3.63, 3.8) is 0 Å². The number of carbonyl (C=O) groups excluding carboxylic acids is 1. The number of amides is 1. The van der Waals surface area contributed by atoms with Gasteiger partial charge in [0.2, 0.25) is 11.8 Å². The van der Waals surface area contributed by atoms with Gasteiger partial charge < -0.3 is 14.8 Å². The standard InChI is InChI=1S/C23H19N3O3S/c1-28-20-14-21(29-2)26-23(25-20)30-19-13-6-5-11-17(19)22(27)24-18-12-7-9-15-8-3-4-10-16(15)18/h3-14H,1-2H3,(H,24,27). The lowest BCUT2D eigenvalue weighted by molar-refractivity contribution is 0.102. The molecule has 1 amide bonds. The third-order valence-electron chi connectivity index (χ3n) is 4.45. The van der Waals surface area contributed by atoms with Gasteiger partial charge in [-0.2, -0.15) is 9.97 Å². The summed E-state index contributed by atoms with van der Waals surface area (Å²) in [7, 11) is 3.06. The number of carbonyl (C=O) groups is 1. The summed E-state index contributed by atoms with van der Waals surface area (Å²) >= 11 is 1.27. The number of methoxy groups -OCH3 is 2. The molecule has 0 unspecified atom stereocenters. The third-order valence-corrected chi connectivity index (χ3v) is 5.39. The van der Waals surface area contributed by atoms with E-state index >= 15 is 0 Å². The molecular formula is C23H19N3O3S. The van der Waals surface area contributed by atoms with E-state index in [4.69, 9.17) is 9.47 Å². The van der Waals surface area contributed by atoms with Crippen LogP contribution in [0.3, 0.4) is 0 Å². The van der Waals surface area contributed by atoms with E-state index in [1.165, 1.54) is 26.0 Å². The van der Waals surface area contributed by atoms with Crippen molar-refractivity contribution >= 4 is 34.1 Å². The lowest BCUT2D eigenvalue weighted by atomic mass is 10.1. The number of hydrogen-bond donors (Lipinski definition) is 1. The Balaban J connectivity index is 1.64. The number of nitrogens with one attached hydrogen (secondary N) is 1. The first-order chi connectivity index (χ1) is 14.7. The first kappa shape index (κ1) is 19.7. The molecule has 3 aromatic carbocycles. The highest BCUT2D eigenvalue weighted by molar-refractivity contribution is 7.99. The van der Waals surface area contributed by atoms with Crippen LogP contribution in [0.4, 0.5) is 5.69 Å². The summed E-state index contributed by atoms with van der Waals surface area (Å²) in [6.07, 6.45) is 0. The fraction of sp³-hybridized carbons (Fsp3) is 0.0870. The van der Waals surface area contributed by atoms with Gasteiger partial charge in [0, 0.05) is 16.0 Å². The molecule has 30 heavy (non-hydrogen) atoms. The molecule has 0 atom stereocenters. The molecule has 0 aliphatic rings. The SMILES string of the molecule is COc1cc(OC)nc(Sc2ccccc2C(=O)Nc2cccc3ccccc23)n1. The summed E-state index contributed by atoms with van der Waals surface area (Å²) in [5.74, 6) is 0.577. The van der Waals surface area contributed by atoms with Gasteiger partial charge in [-0.15, -0.1) is 0 Å². The number of anilines is 1. The number of benzene rings is 3. The van der Waals surface area contributed by atoms with Crippen LogP contribution in [-0.4, -0.2) is 30.1 Å². The summed E-state index contributed by atoms with van der Waals surface area (Å²) in [5.41, 5.74) is 1.29. The predicted octanol–water partition coefficient (Wildman–Crippen LogP) is 5.05. The molecule has 0 spiro atoms. The van der Waals surface area contributed by atoms with E-state index < -0.39 is 0 Å². The maximum Gasteiger partial charge on any atom is 0.256 e. The maximum absolute atomic E-state index is 13.1. The molecule has 0 fully saturated rings. The van der Waals surface area contributed by atoms with Crippen molar-refractivity contribution in [3.05, 3.63) is 78.4 Å². The largest absolute Gasteiger partial charge is 0.481 e. The molecule has 0 aliphatic heterocycles. The van der Waals surface area contributed by atoms with Crippen molar-refractivity contribution in [1.82, 2.24) is 9.97 Å². The van der Waals surface area contributed by atoms with E-state index in [-0.39, 0.29) is 5.91 Å². The zero-order valence-electron chi connectivity index (χ0n) is 16.5. The lowest BCUT2D eigenvalue weighted by Crippen LogP contribution is -2.13. The van der Waals surface area contributed by atoms with E-state index in [2.05, 4.69) is 15.3 Å². The van der Waals surface area contributed by atoms with Crippen LogP contribution >= 0.6 is 11.8 Å². The minimum Gasteiger partial charge on any atom is -0.481 e. The first-order valence-corrected chi connectivity index (χ1v) is 10.0. The normalized spacial score (nSPS) is 10.6. The van der Waals surface area contributed by atoms with Crippen LogP contribution in [0.25, 0.3) is 10.8 Å². The number of ether oxygens (including phenoxy) is 2. The van der Waals surface area contributed by atoms with Crippen LogP contribution in [0.15, 0.2) is 82.8 Å². The van der Waals surface area contributed by atoms with Gasteiger partial charge in [-0.3, -0.25) is 4.79 Å². The van der Waals surface area contributed by atoms with Crippen LogP contribution in [0.2, 0.25) is 0 Å². The van der Waals surface area contributed by atoms with Crippen molar-refractivity contribution < 1.29 is 14.3 Å². The highest BCUT2D eigenvalue weighted by atomic mass is 32.2. The molecular weight excluding hydrogens is 398 g/mol. The van der Waals surface area contributed by atoms with E-state index in [0.29, 0.717) is 22.5 Å². The summed E-state index contributed by atoms with van der Waals surface area (Å²) in [5, 5.41) is 5.51. The second-order valence-electron chi connectivity index (χ2n) is 6.31. The Labute approximate surface area is 178 Å². The highest BCUT2D eigenvalue weighted by Gasteiger charge is 2.15. The predicted molar refractivity (Wildman–Crippen MR) is 118 cm³/mol. The Kier molecular flexibility index (Phi) is 5.81. The van der Waals surface area contributed by atoms with E-state index in [1.807, 2.05) is 60.7 Å². The molecule has 0 radical (unpaired) electrons. The van der Waals surface area contributed by atoms with E-state index in [0.717, 1.165) is 21.4 Å². The van der Waals surface area contributed by atoms with Gasteiger partial charge in [0.15, 0.2) is 5.16 Å². The van der Waals surface area contributed by atoms with Crippen LogP contribution in [0, 0.1) is 0 Å². The average molecular weight is 417 g/mol. The summed E-state index contributed by atoms with van der Waals surface area (Å²) in [4.78, 5) is 22.5. The fourth-order valence-electron chi connectivity index (χ4n) is 3.00. The molecule has 0 bridgehead atoms. The number of nitrogens with zero attached hydrogens (tertiary/aromatic N) is 2. The Morgan fingerprint density at radius 1 is 0.867 bits per heavy atom. The smallest absolute Gasteiger partial charge is 0.256 e. The molecule has 0 saturated carbocycles. The number of rotatable bonds is 6. The Bertz CT molecular complexity index is 1190. The van der Waals surface area contributed by atoms with Gasteiger partial charge in [-0.05, 0) is 35.3 Å². The van der Waals surface area contributed by atoms with Crippen molar-refractivity contribution in [2.24, 2.45) is 0 Å². The van der Waals surface area contributed by atoms with E-state index in [1.54, 1.807) is 12.1 Å². The molecule has 0 aliphatic carbocycles. The van der Waals surface area contributed by atoms with Crippen LogP contribution < -0.4 is 14.8 Å². The quantitative estimate of drug-likeness (QED) is 0.443. The van der Waals surface area contributed by atoms with Gasteiger partial charge in [0.05, 0.1) is 25.8 Å². The van der Waals surface area contributed by atoms with Crippen molar-refractivity contribution in [2.45, 2.75) is 10.1 Å². The Morgan fingerprint density at radius 2 is 1.53 bits per heavy atom. The van der Waals surface area contributed by atoms with E-state index in [9.17, 15) is 4.79 Å². The monoisotopic (exact) mass is 417 g/mol. The lowest BCUT2D eigenvalue weighted by Gasteiger charge is -2.12. The molecule has 1 heterocycles. The summed E-state index contributed by atoms with van der Waals surface area (Å²) in [6, 6.07) is 22.7. The molecule has 6 nitrogen and oxygen atoms in total. The average Bonchev–Trinajstić information content (AvgIpc) is 2.79. The molecule has 1 N–H and O–H groups in total. The minimum absolute atomic E-state index is 0.204. The zero-order chi connectivity index (χ0) is 20.9. The van der Waals surface area contributed by atoms with Crippen molar-refractivity contribution in [1.29, 1.82) is 0 Å². The third kappa shape index (κ3) is 4.21. The molecule has 4 aromatic rings. The van der Waals surface area contributed by atoms with Crippen molar-refractivity contribution in [3.8, 4) is 11.8 Å². The molecule has 1 aromatic heterocycles. The number of aromatic nitrogens is 2. The van der Waals surface area contributed by atoms with Crippen LogP contribution in [0.1, 0.15) is 10.4 Å². The number of hydrogen-bond acceptors (Lipinski definition) is 6. The van der Waals surface area contributed by atoms with Crippen LogP contribution in [0.5, 0.6) is 11.8 Å². The first-order valence-electron chi connectivity index (χ1n) is 9.21.